The lowest BCUT2D eigenvalue weighted by atomic mass is 10.1. The van der Waals surface area contributed by atoms with Gasteiger partial charge in [0.25, 0.3) is 0 Å². The summed E-state index contributed by atoms with van der Waals surface area (Å²) in [5.74, 6) is -0.806. The fourth-order valence-corrected chi connectivity index (χ4v) is 3.13. The number of carboxylic acid groups (broad SMARTS) is 1. The van der Waals surface area contributed by atoms with Gasteiger partial charge in [0.15, 0.2) is 0 Å². The Labute approximate surface area is 133 Å². The number of H-pyrrole nitrogens is 1. The molecule has 1 aromatic carbocycles. The van der Waals surface area contributed by atoms with Gasteiger partial charge in [-0.25, -0.2) is 0 Å². The number of hydrogen-bond acceptors (Lipinski definition) is 4. The fourth-order valence-electron chi connectivity index (χ4n) is 2.23. The summed E-state index contributed by atoms with van der Waals surface area (Å²) in [5, 5.41) is 8.81. The highest BCUT2D eigenvalue weighted by molar-refractivity contribution is 7.09. The van der Waals surface area contributed by atoms with Crippen molar-refractivity contribution in [2.24, 2.45) is 0 Å². The standard InChI is InChI=1S/C16H20N2O3S/c1-3-18(9-8-14(19)20)10-13-15(17-16(21)22-13)12-6-4-11(2)5-7-12/h4-7H,3,8-10H2,1-2H3,(H,17,21)(H,19,20). The first-order chi connectivity index (χ1) is 10.5. The highest BCUT2D eigenvalue weighted by Crippen LogP contribution is 2.25. The van der Waals surface area contributed by atoms with Crippen LogP contribution >= 0.6 is 11.3 Å². The Morgan fingerprint density at radius 1 is 1.32 bits per heavy atom. The molecular formula is C16H20N2O3S. The van der Waals surface area contributed by atoms with Gasteiger partial charge in [0, 0.05) is 18.0 Å². The number of thiazole rings is 1. The van der Waals surface area contributed by atoms with E-state index in [0.717, 1.165) is 22.7 Å². The van der Waals surface area contributed by atoms with Crippen LogP contribution in [0.5, 0.6) is 0 Å². The Kier molecular flexibility index (Phi) is 5.51. The maximum atomic E-state index is 11.7. The van der Waals surface area contributed by atoms with Crippen LogP contribution in [0.2, 0.25) is 0 Å². The van der Waals surface area contributed by atoms with Crippen LogP contribution in [0.25, 0.3) is 11.3 Å². The molecule has 2 aromatic rings. The van der Waals surface area contributed by atoms with Gasteiger partial charge in [-0.05, 0) is 19.0 Å². The lowest BCUT2D eigenvalue weighted by molar-refractivity contribution is -0.137. The Balaban J connectivity index is 2.22. The number of carboxylic acids is 1. The van der Waals surface area contributed by atoms with Gasteiger partial charge < -0.3 is 10.1 Å². The van der Waals surface area contributed by atoms with Crippen molar-refractivity contribution in [2.75, 3.05) is 13.1 Å². The van der Waals surface area contributed by atoms with Gasteiger partial charge in [-0.3, -0.25) is 14.5 Å². The molecule has 2 rings (SSSR count). The van der Waals surface area contributed by atoms with Gasteiger partial charge in [-0.1, -0.05) is 48.1 Å². The second-order valence-electron chi connectivity index (χ2n) is 5.19. The number of aromatic nitrogens is 1. The quantitative estimate of drug-likeness (QED) is 0.822. The van der Waals surface area contributed by atoms with Crippen LogP contribution < -0.4 is 4.87 Å². The Hall–Kier alpha value is -1.92. The number of nitrogens with zero attached hydrogens (tertiary/aromatic N) is 1. The smallest absolute Gasteiger partial charge is 0.305 e. The second kappa shape index (κ2) is 7.38. The number of aliphatic carboxylic acids is 1. The van der Waals surface area contributed by atoms with Gasteiger partial charge in [0.1, 0.15) is 0 Å². The second-order valence-corrected chi connectivity index (χ2v) is 6.26. The molecule has 0 aliphatic heterocycles. The van der Waals surface area contributed by atoms with Gasteiger partial charge in [-0.15, -0.1) is 0 Å². The highest BCUT2D eigenvalue weighted by Gasteiger charge is 2.14. The van der Waals surface area contributed by atoms with E-state index in [1.165, 1.54) is 16.9 Å². The monoisotopic (exact) mass is 320 g/mol. The molecule has 0 saturated carbocycles. The molecule has 1 aromatic heterocycles. The van der Waals surface area contributed by atoms with Crippen LogP contribution in [-0.2, 0) is 11.3 Å². The zero-order valence-corrected chi connectivity index (χ0v) is 13.6. The van der Waals surface area contributed by atoms with Crippen molar-refractivity contribution in [2.45, 2.75) is 26.8 Å². The minimum atomic E-state index is -0.806. The minimum absolute atomic E-state index is 0.0835. The average molecular weight is 320 g/mol. The number of benzene rings is 1. The molecule has 0 radical (unpaired) electrons. The van der Waals surface area contributed by atoms with E-state index in [1.807, 2.05) is 43.0 Å². The molecule has 0 spiro atoms. The lowest BCUT2D eigenvalue weighted by Gasteiger charge is -2.19. The zero-order valence-electron chi connectivity index (χ0n) is 12.8. The first-order valence-electron chi connectivity index (χ1n) is 7.22. The molecule has 1 heterocycles. The zero-order chi connectivity index (χ0) is 16.1. The molecule has 0 amide bonds. The Bertz CT molecular complexity index is 688. The van der Waals surface area contributed by atoms with Crippen LogP contribution in [0.1, 0.15) is 23.8 Å². The largest absolute Gasteiger partial charge is 0.481 e. The van der Waals surface area contributed by atoms with Crippen molar-refractivity contribution in [1.82, 2.24) is 9.88 Å². The summed E-state index contributed by atoms with van der Waals surface area (Å²) in [6.07, 6.45) is 0.104. The Morgan fingerprint density at radius 2 is 2.00 bits per heavy atom. The summed E-state index contributed by atoms with van der Waals surface area (Å²) in [7, 11) is 0. The molecule has 0 aliphatic carbocycles. The molecule has 0 unspecified atom stereocenters. The van der Waals surface area contributed by atoms with Crippen molar-refractivity contribution in [1.29, 1.82) is 0 Å². The number of carbonyl (C=O) groups is 1. The number of nitrogens with one attached hydrogen (secondary N) is 1. The predicted molar refractivity (Wildman–Crippen MR) is 88.3 cm³/mol. The summed E-state index contributed by atoms with van der Waals surface area (Å²) in [4.78, 5) is 28.2. The Morgan fingerprint density at radius 3 is 2.59 bits per heavy atom. The molecule has 6 heteroatoms. The summed E-state index contributed by atoms with van der Waals surface area (Å²) < 4.78 is 0. The van der Waals surface area contributed by atoms with Gasteiger partial charge in [-0.2, -0.15) is 0 Å². The summed E-state index contributed by atoms with van der Waals surface area (Å²) in [5.41, 5.74) is 2.98. The minimum Gasteiger partial charge on any atom is -0.481 e. The molecule has 0 aliphatic rings. The van der Waals surface area contributed by atoms with E-state index in [0.29, 0.717) is 13.1 Å². The predicted octanol–water partition coefficient (Wildman–Crippen LogP) is 2.71. The first kappa shape index (κ1) is 16.5. The van der Waals surface area contributed by atoms with Crippen LogP contribution in [0.15, 0.2) is 29.1 Å². The molecule has 0 bridgehead atoms. The van der Waals surface area contributed by atoms with E-state index in [4.69, 9.17) is 5.11 Å². The highest BCUT2D eigenvalue weighted by atomic mass is 32.1. The number of aromatic amines is 1. The fraction of sp³-hybridized carbons (Fsp3) is 0.375. The average Bonchev–Trinajstić information content (AvgIpc) is 2.84. The lowest BCUT2D eigenvalue weighted by Crippen LogP contribution is -2.25. The van der Waals surface area contributed by atoms with E-state index in [9.17, 15) is 9.59 Å². The maximum absolute atomic E-state index is 11.7. The maximum Gasteiger partial charge on any atom is 0.305 e. The number of hydrogen-bond donors (Lipinski definition) is 2. The molecule has 0 fully saturated rings. The van der Waals surface area contributed by atoms with Crippen LogP contribution in [0.3, 0.4) is 0 Å². The van der Waals surface area contributed by atoms with Crippen LogP contribution in [0, 0.1) is 6.92 Å². The van der Waals surface area contributed by atoms with E-state index in [1.54, 1.807) is 0 Å². The third-order valence-electron chi connectivity index (χ3n) is 3.52. The van der Waals surface area contributed by atoms with Crippen molar-refractivity contribution in [3.05, 3.63) is 44.4 Å². The molecule has 5 nitrogen and oxygen atoms in total. The molecule has 0 saturated heterocycles. The molecular weight excluding hydrogens is 300 g/mol. The molecule has 0 atom stereocenters. The van der Waals surface area contributed by atoms with E-state index >= 15 is 0 Å². The van der Waals surface area contributed by atoms with E-state index in [-0.39, 0.29) is 11.3 Å². The van der Waals surface area contributed by atoms with Crippen molar-refractivity contribution < 1.29 is 9.90 Å². The van der Waals surface area contributed by atoms with Gasteiger partial charge in [0.2, 0.25) is 0 Å². The van der Waals surface area contributed by atoms with E-state index in [2.05, 4.69) is 4.98 Å². The van der Waals surface area contributed by atoms with Crippen molar-refractivity contribution in [3.63, 3.8) is 0 Å². The molecule has 22 heavy (non-hydrogen) atoms. The summed E-state index contributed by atoms with van der Waals surface area (Å²) >= 11 is 1.19. The number of aryl methyl sites for hydroxylation is 1. The molecule has 118 valence electrons. The van der Waals surface area contributed by atoms with Crippen LogP contribution in [-0.4, -0.2) is 34.0 Å². The summed E-state index contributed by atoms with van der Waals surface area (Å²) in [6, 6.07) is 8.00. The van der Waals surface area contributed by atoms with E-state index < -0.39 is 5.97 Å². The number of rotatable bonds is 7. The van der Waals surface area contributed by atoms with Crippen molar-refractivity contribution in [3.8, 4) is 11.3 Å². The SMILES string of the molecule is CCN(CCC(=O)O)Cc1sc(=O)[nH]c1-c1ccc(C)cc1. The van der Waals surface area contributed by atoms with Crippen molar-refractivity contribution >= 4 is 17.3 Å². The third-order valence-corrected chi connectivity index (χ3v) is 4.39. The third kappa shape index (κ3) is 4.29. The topological polar surface area (TPSA) is 73.4 Å². The van der Waals surface area contributed by atoms with Gasteiger partial charge in [0.05, 0.1) is 12.1 Å². The normalized spacial score (nSPS) is 11.0. The summed E-state index contributed by atoms with van der Waals surface area (Å²) in [6.45, 7) is 5.81. The van der Waals surface area contributed by atoms with Crippen LogP contribution in [0.4, 0.5) is 0 Å². The van der Waals surface area contributed by atoms with Gasteiger partial charge >= 0.3 is 10.8 Å². The first-order valence-corrected chi connectivity index (χ1v) is 8.04. The molecule has 2 N–H and O–H groups in total.